The zero-order valence-electron chi connectivity index (χ0n) is 8.44. The molecule has 1 aliphatic heterocycles. The third kappa shape index (κ3) is 1.58. The quantitative estimate of drug-likeness (QED) is 0.814. The van der Waals surface area contributed by atoms with E-state index in [-0.39, 0.29) is 11.7 Å². The van der Waals surface area contributed by atoms with Gasteiger partial charge in [-0.3, -0.25) is 0 Å². The summed E-state index contributed by atoms with van der Waals surface area (Å²) in [7, 11) is 0. The Bertz CT molecular complexity index is 588. The Kier molecular flexibility index (Phi) is 2.15. The van der Waals surface area contributed by atoms with Gasteiger partial charge in [0.05, 0.1) is 0 Å². The van der Waals surface area contributed by atoms with Crippen molar-refractivity contribution in [2.24, 2.45) is 0 Å². The lowest BCUT2D eigenvalue weighted by atomic mass is 10.2. The van der Waals surface area contributed by atoms with Crippen LogP contribution in [0.4, 0.5) is 5.95 Å². The van der Waals surface area contributed by atoms with Crippen LogP contribution in [0.25, 0.3) is 0 Å². The molecule has 0 aliphatic carbocycles. The highest BCUT2D eigenvalue weighted by Gasteiger charge is 2.26. The normalized spacial score (nSPS) is 18.1. The summed E-state index contributed by atoms with van der Waals surface area (Å²) < 4.78 is 1.55. The van der Waals surface area contributed by atoms with Crippen molar-refractivity contribution in [3.05, 3.63) is 34.2 Å². The lowest BCUT2D eigenvalue weighted by Crippen LogP contribution is -2.23. The number of allylic oxidation sites excluding steroid dienone is 1. The third-order valence-corrected chi connectivity index (χ3v) is 3.34. The molecule has 3 heterocycles. The fraction of sp³-hybridized carbons (Fsp3) is 0.111. The molecule has 86 valence electrons. The zero-order valence-corrected chi connectivity index (χ0v) is 9.26. The first-order chi connectivity index (χ1) is 8.25. The second-order valence-electron chi connectivity index (χ2n) is 3.42. The van der Waals surface area contributed by atoms with Gasteiger partial charge in [-0.1, -0.05) is 11.2 Å². The molecule has 8 heteroatoms. The number of fused-ring (bicyclic) bond motifs is 1. The number of tetrazole rings is 1. The van der Waals surface area contributed by atoms with E-state index in [1.165, 1.54) is 11.3 Å². The highest BCUT2D eigenvalue weighted by atomic mass is 32.1. The van der Waals surface area contributed by atoms with Crippen LogP contribution < -0.4 is 5.32 Å². The van der Waals surface area contributed by atoms with Crippen LogP contribution in [-0.2, 0) is 4.79 Å². The predicted molar refractivity (Wildman–Crippen MR) is 59.6 cm³/mol. The minimum absolute atomic E-state index is 0.0886. The molecule has 0 bridgehead atoms. The van der Waals surface area contributed by atoms with Crippen molar-refractivity contribution in [2.75, 3.05) is 5.32 Å². The molecular weight excluding hydrogens is 242 g/mol. The second-order valence-corrected chi connectivity index (χ2v) is 4.40. The van der Waals surface area contributed by atoms with Crippen molar-refractivity contribution < 1.29 is 9.90 Å². The lowest BCUT2D eigenvalue weighted by Gasteiger charge is -2.19. The standard InChI is InChI=1S/C9H7N5O2S/c15-8(16)5-4-6(7-2-1-3-17-7)14-9(10-5)11-12-13-14/h1-4,6H,(H,15,16)(H,10,11,13). The Morgan fingerprint density at radius 1 is 1.59 bits per heavy atom. The van der Waals surface area contributed by atoms with Crippen LogP contribution in [0.2, 0.25) is 0 Å². The second kappa shape index (κ2) is 3.67. The van der Waals surface area contributed by atoms with Crippen LogP contribution in [0.5, 0.6) is 0 Å². The van der Waals surface area contributed by atoms with Crippen LogP contribution >= 0.6 is 11.3 Å². The first-order valence-electron chi connectivity index (χ1n) is 4.79. The molecular formula is C9H7N5O2S. The fourth-order valence-electron chi connectivity index (χ4n) is 1.64. The van der Waals surface area contributed by atoms with Gasteiger partial charge in [-0.2, -0.15) is 4.68 Å². The van der Waals surface area contributed by atoms with Gasteiger partial charge in [0.2, 0.25) is 5.95 Å². The predicted octanol–water partition coefficient (Wildman–Crippen LogP) is 0.718. The van der Waals surface area contributed by atoms with E-state index in [0.29, 0.717) is 5.95 Å². The lowest BCUT2D eigenvalue weighted by molar-refractivity contribution is -0.132. The number of nitrogens with one attached hydrogen (secondary N) is 1. The Balaban J connectivity index is 2.10. The summed E-state index contributed by atoms with van der Waals surface area (Å²) in [5, 5.41) is 24.7. The molecule has 1 aliphatic rings. The van der Waals surface area contributed by atoms with Crippen molar-refractivity contribution in [2.45, 2.75) is 6.04 Å². The van der Waals surface area contributed by atoms with Gasteiger partial charge < -0.3 is 10.4 Å². The number of rotatable bonds is 2. The van der Waals surface area contributed by atoms with Crippen molar-refractivity contribution in [1.82, 2.24) is 20.2 Å². The van der Waals surface area contributed by atoms with Gasteiger partial charge in [-0.15, -0.1) is 11.3 Å². The van der Waals surface area contributed by atoms with Gasteiger partial charge in [-0.25, -0.2) is 4.79 Å². The van der Waals surface area contributed by atoms with Crippen molar-refractivity contribution in [1.29, 1.82) is 0 Å². The number of anilines is 1. The largest absolute Gasteiger partial charge is 0.477 e. The number of thiophene rings is 1. The number of nitrogens with zero attached hydrogens (tertiary/aromatic N) is 4. The summed E-state index contributed by atoms with van der Waals surface area (Å²) in [5.41, 5.74) is 0.0886. The molecule has 1 unspecified atom stereocenters. The summed E-state index contributed by atoms with van der Waals surface area (Å²) in [6.07, 6.45) is 1.59. The molecule has 0 saturated carbocycles. The number of hydrogen-bond acceptors (Lipinski definition) is 6. The fourth-order valence-corrected chi connectivity index (χ4v) is 2.42. The van der Waals surface area contributed by atoms with Crippen LogP contribution in [0, 0.1) is 0 Å². The molecule has 7 nitrogen and oxygen atoms in total. The van der Waals surface area contributed by atoms with E-state index in [1.54, 1.807) is 10.8 Å². The highest BCUT2D eigenvalue weighted by Crippen LogP contribution is 2.30. The smallest absolute Gasteiger partial charge is 0.352 e. The van der Waals surface area contributed by atoms with Gasteiger partial charge >= 0.3 is 5.97 Å². The summed E-state index contributed by atoms with van der Waals surface area (Å²) in [5.74, 6) is -0.691. The highest BCUT2D eigenvalue weighted by molar-refractivity contribution is 7.10. The average Bonchev–Trinajstić information content (AvgIpc) is 2.98. The first-order valence-corrected chi connectivity index (χ1v) is 5.67. The maximum atomic E-state index is 11.0. The molecule has 0 spiro atoms. The Morgan fingerprint density at radius 3 is 3.18 bits per heavy atom. The average molecular weight is 249 g/mol. The minimum atomic E-state index is -1.03. The number of carboxylic acids is 1. The minimum Gasteiger partial charge on any atom is -0.477 e. The molecule has 3 rings (SSSR count). The van der Waals surface area contributed by atoms with E-state index >= 15 is 0 Å². The SMILES string of the molecule is O=C(O)C1=CC(c2cccs2)n2nnnc2N1. The molecule has 0 fully saturated rings. The number of aliphatic carboxylic acids is 1. The molecule has 0 aromatic carbocycles. The van der Waals surface area contributed by atoms with Crippen LogP contribution in [0.3, 0.4) is 0 Å². The summed E-state index contributed by atoms with van der Waals surface area (Å²) >= 11 is 1.53. The molecule has 17 heavy (non-hydrogen) atoms. The zero-order chi connectivity index (χ0) is 11.8. The van der Waals surface area contributed by atoms with Crippen LogP contribution in [-0.4, -0.2) is 31.3 Å². The molecule has 2 aromatic rings. The number of hydrogen-bond donors (Lipinski definition) is 2. The maximum absolute atomic E-state index is 11.0. The van der Waals surface area contributed by atoms with E-state index in [0.717, 1.165) is 4.88 Å². The van der Waals surface area contributed by atoms with Gasteiger partial charge in [0.1, 0.15) is 11.7 Å². The topological polar surface area (TPSA) is 92.9 Å². The van der Waals surface area contributed by atoms with Gasteiger partial charge in [0.15, 0.2) is 0 Å². The van der Waals surface area contributed by atoms with E-state index in [4.69, 9.17) is 5.11 Å². The summed E-state index contributed by atoms with van der Waals surface area (Å²) in [4.78, 5) is 12.0. The van der Waals surface area contributed by atoms with Crippen molar-refractivity contribution in [3.63, 3.8) is 0 Å². The Hall–Kier alpha value is -2.22. The monoisotopic (exact) mass is 249 g/mol. The van der Waals surface area contributed by atoms with E-state index in [9.17, 15) is 4.79 Å². The molecule has 0 saturated heterocycles. The number of aromatic nitrogens is 4. The van der Waals surface area contributed by atoms with E-state index < -0.39 is 5.97 Å². The van der Waals surface area contributed by atoms with E-state index in [2.05, 4.69) is 20.8 Å². The number of carbonyl (C=O) groups is 1. The summed E-state index contributed by atoms with van der Waals surface area (Å²) in [6.45, 7) is 0. The van der Waals surface area contributed by atoms with Gasteiger partial charge in [-0.05, 0) is 27.9 Å². The molecule has 2 aromatic heterocycles. The summed E-state index contributed by atoms with van der Waals surface area (Å²) in [6, 6.07) is 3.55. The first kappa shape index (κ1) is 9.97. The van der Waals surface area contributed by atoms with E-state index in [1.807, 2.05) is 17.5 Å². The molecule has 0 amide bonds. The Morgan fingerprint density at radius 2 is 2.47 bits per heavy atom. The van der Waals surface area contributed by atoms with Gasteiger partial charge in [0.25, 0.3) is 0 Å². The molecule has 1 atom stereocenters. The third-order valence-electron chi connectivity index (χ3n) is 2.39. The molecule has 2 N–H and O–H groups in total. The van der Waals surface area contributed by atoms with Crippen molar-refractivity contribution >= 4 is 23.3 Å². The number of carboxylic acid groups (broad SMARTS) is 1. The van der Waals surface area contributed by atoms with Crippen LogP contribution in [0.15, 0.2) is 29.3 Å². The Labute approximate surface area is 99.4 Å². The van der Waals surface area contributed by atoms with Gasteiger partial charge in [0, 0.05) is 4.88 Å². The van der Waals surface area contributed by atoms with Crippen molar-refractivity contribution in [3.8, 4) is 0 Å². The molecule has 0 radical (unpaired) electrons. The maximum Gasteiger partial charge on any atom is 0.352 e. The van der Waals surface area contributed by atoms with Crippen LogP contribution in [0.1, 0.15) is 10.9 Å².